The van der Waals surface area contributed by atoms with Crippen molar-refractivity contribution in [2.75, 3.05) is 6.54 Å². The zero-order chi connectivity index (χ0) is 19.4. The van der Waals surface area contributed by atoms with E-state index in [9.17, 15) is 9.59 Å². The standard InChI is InChI=1S/C22H23ClN2O2/c1-3-4-11-24-21(26)13-17-14-25(20-10-5-15(2)12-19(17)20)22(27)16-6-8-18(23)9-7-16/h5-10,12,14H,3-4,11,13H2,1-2H3,(H,24,26). The third kappa shape index (κ3) is 4.40. The summed E-state index contributed by atoms with van der Waals surface area (Å²) in [7, 11) is 0. The van der Waals surface area contributed by atoms with Crippen molar-refractivity contribution < 1.29 is 9.59 Å². The molecule has 0 aliphatic heterocycles. The number of aromatic nitrogens is 1. The van der Waals surface area contributed by atoms with Crippen LogP contribution in [0.2, 0.25) is 5.02 Å². The molecule has 0 aliphatic carbocycles. The van der Waals surface area contributed by atoms with E-state index in [2.05, 4.69) is 12.2 Å². The van der Waals surface area contributed by atoms with Gasteiger partial charge in [0.25, 0.3) is 5.91 Å². The average molecular weight is 383 g/mol. The third-order valence-electron chi connectivity index (χ3n) is 4.56. The second-order valence-electron chi connectivity index (χ2n) is 6.74. The quantitative estimate of drug-likeness (QED) is 0.625. The molecule has 0 fully saturated rings. The van der Waals surface area contributed by atoms with E-state index in [-0.39, 0.29) is 18.2 Å². The van der Waals surface area contributed by atoms with Crippen molar-refractivity contribution in [1.29, 1.82) is 0 Å². The Morgan fingerprint density at radius 3 is 2.56 bits per heavy atom. The number of benzene rings is 2. The summed E-state index contributed by atoms with van der Waals surface area (Å²) >= 11 is 5.93. The number of fused-ring (bicyclic) bond motifs is 1. The van der Waals surface area contributed by atoms with Gasteiger partial charge in [-0.3, -0.25) is 14.2 Å². The Labute approximate surface area is 164 Å². The second-order valence-corrected chi connectivity index (χ2v) is 7.17. The largest absolute Gasteiger partial charge is 0.356 e. The Morgan fingerprint density at radius 1 is 1.11 bits per heavy atom. The number of amides is 1. The van der Waals surface area contributed by atoms with Crippen LogP contribution < -0.4 is 5.32 Å². The van der Waals surface area contributed by atoms with Crippen LogP contribution in [0, 0.1) is 6.92 Å². The van der Waals surface area contributed by atoms with E-state index < -0.39 is 0 Å². The van der Waals surface area contributed by atoms with Crippen molar-refractivity contribution in [3.05, 3.63) is 70.4 Å². The van der Waals surface area contributed by atoms with E-state index in [1.54, 1.807) is 35.0 Å². The molecule has 140 valence electrons. The molecular weight excluding hydrogens is 360 g/mol. The van der Waals surface area contributed by atoms with Gasteiger partial charge in [0.05, 0.1) is 11.9 Å². The fourth-order valence-corrected chi connectivity index (χ4v) is 3.22. The van der Waals surface area contributed by atoms with Gasteiger partial charge < -0.3 is 5.32 Å². The van der Waals surface area contributed by atoms with E-state index >= 15 is 0 Å². The van der Waals surface area contributed by atoms with E-state index in [1.165, 1.54) is 0 Å². The summed E-state index contributed by atoms with van der Waals surface area (Å²) in [5.41, 5.74) is 3.30. The SMILES string of the molecule is CCCCNC(=O)Cc1cn(C(=O)c2ccc(Cl)cc2)c2ccc(C)cc12. The van der Waals surface area contributed by atoms with Gasteiger partial charge in [-0.25, -0.2) is 0 Å². The van der Waals surface area contributed by atoms with Crippen molar-refractivity contribution in [3.63, 3.8) is 0 Å². The molecule has 1 aromatic heterocycles. The molecule has 0 atom stereocenters. The topological polar surface area (TPSA) is 51.1 Å². The van der Waals surface area contributed by atoms with Gasteiger partial charge in [0, 0.05) is 28.7 Å². The van der Waals surface area contributed by atoms with Gasteiger partial charge in [-0.15, -0.1) is 0 Å². The lowest BCUT2D eigenvalue weighted by molar-refractivity contribution is -0.120. The minimum Gasteiger partial charge on any atom is -0.356 e. The first-order valence-electron chi connectivity index (χ1n) is 9.17. The van der Waals surface area contributed by atoms with Crippen LogP contribution in [0.1, 0.15) is 41.3 Å². The summed E-state index contributed by atoms with van der Waals surface area (Å²) in [6.45, 7) is 4.77. The lowest BCUT2D eigenvalue weighted by atomic mass is 10.1. The van der Waals surface area contributed by atoms with Crippen molar-refractivity contribution in [1.82, 2.24) is 9.88 Å². The van der Waals surface area contributed by atoms with Crippen LogP contribution in [0.3, 0.4) is 0 Å². The van der Waals surface area contributed by atoms with Gasteiger partial charge >= 0.3 is 0 Å². The lowest BCUT2D eigenvalue weighted by Crippen LogP contribution is -2.25. The Hall–Kier alpha value is -2.59. The number of nitrogens with one attached hydrogen (secondary N) is 1. The molecule has 0 unspecified atom stereocenters. The first-order valence-corrected chi connectivity index (χ1v) is 9.55. The third-order valence-corrected chi connectivity index (χ3v) is 4.81. The number of hydrogen-bond acceptors (Lipinski definition) is 2. The maximum Gasteiger partial charge on any atom is 0.262 e. The van der Waals surface area contributed by atoms with E-state index in [0.29, 0.717) is 17.1 Å². The fourth-order valence-electron chi connectivity index (χ4n) is 3.09. The van der Waals surface area contributed by atoms with E-state index in [0.717, 1.165) is 34.9 Å². The summed E-state index contributed by atoms with van der Waals surface area (Å²) in [5, 5.41) is 4.46. The van der Waals surface area contributed by atoms with Crippen LogP contribution in [0.15, 0.2) is 48.7 Å². The Balaban J connectivity index is 1.95. The molecule has 0 radical (unpaired) electrons. The van der Waals surface area contributed by atoms with Crippen molar-refractivity contribution in [2.45, 2.75) is 33.1 Å². The monoisotopic (exact) mass is 382 g/mol. The molecule has 3 aromatic rings. The van der Waals surface area contributed by atoms with Crippen molar-refractivity contribution in [2.24, 2.45) is 0 Å². The lowest BCUT2D eigenvalue weighted by Gasteiger charge is -2.04. The molecule has 1 N–H and O–H groups in total. The normalized spacial score (nSPS) is 10.9. The smallest absolute Gasteiger partial charge is 0.262 e. The van der Waals surface area contributed by atoms with Gasteiger partial charge in [0.1, 0.15) is 0 Å². The number of carbonyl (C=O) groups excluding carboxylic acids is 2. The number of aryl methyl sites for hydroxylation is 1. The van der Waals surface area contributed by atoms with Gasteiger partial charge in [0.2, 0.25) is 5.91 Å². The maximum absolute atomic E-state index is 13.0. The van der Waals surface area contributed by atoms with Gasteiger partial charge in [-0.1, -0.05) is 36.6 Å². The molecule has 1 amide bonds. The molecule has 0 saturated heterocycles. The summed E-state index contributed by atoms with van der Waals surface area (Å²) in [4.78, 5) is 25.3. The van der Waals surface area contributed by atoms with E-state index in [1.807, 2.05) is 25.1 Å². The zero-order valence-corrected chi connectivity index (χ0v) is 16.3. The molecule has 0 spiro atoms. The summed E-state index contributed by atoms with van der Waals surface area (Å²) in [5.74, 6) is -0.166. The van der Waals surface area contributed by atoms with Crippen LogP contribution in [0.5, 0.6) is 0 Å². The number of rotatable bonds is 6. The number of halogens is 1. The molecule has 4 nitrogen and oxygen atoms in total. The molecule has 2 aromatic carbocycles. The summed E-state index contributed by atoms with van der Waals surface area (Å²) in [6, 6.07) is 12.7. The summed E-state index contributed by atoms with van der Waals surface area (Å²) < 4.78 is 1.62. The van der Waals surface area contributed by atoms with Crippen LogP contribution >= 0.6 is 11.6 Å². The Morgan fingerprint density at radius 2 is 1.85 bits per heavy atom. The number of unbranched alkanes of at least 4 members (excludes halogenated alkanes) is 1. The molecule has 1 heterocycles. The highest BCUT2D eigenvalue weighted by Gasteiger charge is 2.17. The van der Waals surface area contributed by atoms with Crippen molar-refractivity contribution in [3.8, 4) is 0 Å². The van der Waals surface area contributed by atoms with Gasteiger partial charge in [-0.2, -0.15) is 0 Å². The van der Waals surface area contributed by atoms with Crippen LogP contribution in [0.25, 0.3) is 10.9 Å². The number of nitrogens with zero attached hydrogens (tertiary/aromatic N) is 1. The molecule has 3 rings (SSSR count). The fraction of sp³-hybridized carbons (Fsp3) is 0.273. The van der Waals surface area contributed by atoms with Crippen molar-refractivity contribution >= 4 is 34.3 Å². The first-order chi connectivity index (χ1) is 13.0. The van der Waals surface area contributed by atoms with Crippen LogP contribution in [-0.4, -0.2) is 22.9 Å². The molecular formula is C22H23ClN2O2. The minimum atomic E-state index is -0.141. The van der Waals surface area contributed by atoms with Gasteiger partial charge in [0.15, 0.2) is 0 Å². The Kier molecular flexibility index (Phi) is 5.97. The number of hydrogen-bond donors (Lipinski definition) is 1. The highest BCUT2D eigenvalue weighted by molar-refractivity contribution is 6.30. The average Bonchev–Trinajstić information content (AvgIpc) is 2.99. The van der Waals surface area contributed by atoms with E-state index in [4.69, 9.17) is 11.6 Å². The maximum atomic E-state index is 13.0. The highest BCUT2D eigenvalue weighted by atomic mass is 35.5. The molecule has 0 bridgehead atoms. The molecule has 5 heteroatoms. The molecule has 0 aliphatic rings. The predicted octanol–water partition coefficient (Wildman–Crippen LogP) is 4.75. The van der Waals surface area contributed by atoms with Gasteiger partial charge in [-0.05, 0) is 55.3 Å². The molecule has 0 saturated carbocycles. The zero-order valence-electron chi connectivity index (χ0n) is 15.6. The minimum absolute atomic E-state index is 0.0250. The van der Waals surface area contributed by atoms with Crippen LogP contribution in [-0.2, 0) is 11.2 Å². The highest BCUT2D eigenvalue weighted by Crippen LogP contribution is 2.25. The molecule has 27 heavy (non-hydrogen) atoms. The second kappa shape index (κ2) is 8.40. The predicted molar refractivity (Wildman–Crippen MR) is 109 cm³/mol. The van der Waals surface area contributed by atoms with Crippen LogP contribution in [0.4, 0.5) is 0 Å². The number of carbonyl (C=O) groups is 2. The Bertz CT molecular complexity index is 974. The summed E-state index contributed by atoms with van der Waals surface area (Å²) in [6.07, 6.45) is 4.03. The first kappa shape index (κ1) is 19.2.